The molecule has 0 saturated carbocycles. The largest absolute Gasteiger partial charge is 0.380 e. The molecule has 0 bridgehead atoms. The number of ether oxygens (including phenoxy) is 1. The monoisotopic (exact) mass is 338 g/mol. The molecule has 0 radical (unpaired) electrons. The SMILES string of the molecule is CN=C(NCCOCCC(C)C)N1CCN(c2cccs2)CC1. The van der Waals surface area contributed by atoms with Gasteiger partial charge in [-0.3, -0.25) is 4.99 Å². The summed E-state index contributed by atoms with van der Waals surface area (Å²) in [6.07, 6.45) is 1.12. The van der Waals surface area contributed by atoms with Crippen LogP contribution < -0.4 is 10.2 Å². The van der Waals surface area contributed by atoms with E-state index in [2.05, 4.69) is 51.5 Å². The van der Waals surface area contributed by atoms with Crippen LogP contribution >= 0.6 is 11.3 Å². The molecule has 0 amide bonds. The van der Waals surface area contributed by atoms with Crippen LogP contribution in [0, 0.1) is 5.92 Å². The molecule has 2 heterocycles. The number of anilines is 1. The zero-order valence-corrected chi connectivity index (χ0v) is 15.4. The predicted molar refractivity (Wildman–Crippen MR) is 99.7 cm³/mol. The minimum absolute atomic E-state index is 0.704. The van der Waals surface area contributed by atoms with E-state index in [1.54, 1.807) is 0 Å². The van der Waals surface area contributed by atoms with Crippen LogP contribution in [0.2, 0.25) is 0 Å². The second-order valence-electron chi connectivity index (χ2n) is 6.19. The number of guanidine groups is 1. The second kappa shape index (κ2) is 9.78. The Hall–Kier alpha value is -1.27. The molecule has 23 heavy (non-hydrogen) atoms. The van der Waals surface area contributed by atoms with E-state index in [9.17, 15) is 0 Å². The lowest BCUT2D eigenvalue weighted by molar-refractivity contribution is 0.127. The highest BCUT2D eigenvalue weighted by Gasteiger charge is 2.19. The van der Waals surface area contributed by atoms with Gasteiger partial charge >= 0.3 is 0 Å². The third-order valence-electron chi connectivity index (χ3n) is 3.98. The zero-order valence-electron chi connectivity index (χ0n) is 14.6. The van der Waals surface area contributed by atoms with Crippen LogP contribution in [0.3, 0.4) is 0 Å². The molecule has 0 aliphatic carbocycles. The van der Waals surface area contributed by atoms with E-state index < -0.39 is 0 Å². The summed E-state index contributed by atoms with van der Waals surface area (Å²) in [5.41, 5.74) is 0. The summed E-state index contributed by atoms with van der Waals surface area (Å²) in [6, 6.07) is 4.31. The van der Waals surface area contributed by atoms with Crippen LogP contribution in [0.1, 0.15) is 20.3 Å². The third-order valence-corrected chi connectivity index (χ3v) is 4.91. The Kier molecular flexibility index (Phi) is 7.68. The van der Waals surface area contributed by atoms with E-state index in [4.69, 9.17) is 4.74 Å². The summed E-state index contributed by atoms with van der Waals surface area (Å²) in [4.78, 5) is 9.18. The van der Waals surface area contributed by atoms with Crippen LogP contribution in [-0.4, -0.2) is 63.8 Å². The highest BCUT2D eigenvalue weighted by molar-refractivity contribution is 7.14. The van der Waals surface area contributed by atoms with Crippen molar-refractivity contribution in [2.45, 2.75) is 20.3 Å². The number of aliphatic imine (C=N–C) groups is 1. The van der Waals surface area contributed by atoms with Gasteiger partial charge in [0.25, 0.3) is 0 Å². The minimum atomic E-state index is 0.704. The first-order chi connectivity index (χ1) is 11.2. The highest BCUT2D eigenvalue weighted by atomic mass is 32.1. The maximum atomic E-state index is 5.65. The molecule has 2 rings (SSSR count). The Morgan fingerprint density at radius 1 is 1.30 bits per heavy atom. The van der Waals surface area contributed by atoms with Crippen molar-refractivity contribution in [1.82, 2.24) is 10.2 Å². The molecule has 1 N–H and O–H groups in total. The normalized spacial score (nSPS) is 16.3. The summed E-state index contributed by atoms with van der Waals surface area (Å²) in [5.74, 6) is 1.69. The molecule has 0 aromatic carbocycles. The molecular formula is C17H30N4OS. The lowest BCUT2D eigenvalue weighted by Crippen LogP contribution is -2.52. The standard InChI is InChI=1S/C17H30N4OS/c1-15(2)6-12-22-13-7-19-17(18-3)21-10-8-20(9-11-21)16-5-4-14-23-16/h4-5,14-15H,6-13H2,1-3H3,(H,18,19). The van der Waals surface area contributed by atoms with Crippen molar-refractivity contribution < 1.29 is 4.74 Å². The van der Waals surface area contributed by atoms with Gasteiger partial charge in [-0.1, -0.05) is 13.8 Å². The van der Waals surface area contributed by atoms with Crippen LogP contribution in [0.25, 0.3) is 0 Å². The van der Waals surface area contributed by atoms with Gasteiger partial charge in [-0.15, -0.1) is 11.3 Å². The minimum Gasteiger partial charge on any atom is -0.380 e. The molecule has 1 aliphatic heterocycles. The number of hydrogen-bond acceptors (Lipinski definition) is 4. The predicted octanol–water partition coefficient (Wildman–Crippen LogP) is 2.51. The maximum absolute atomic E-state index is 5.65. The summed E-state index contributed by atoms with van der Waals surface area (Å²) in [5, 5.41) is 6.92. The number of nitrogens with one attached hydrogen (secondary N) is 1. The van der Waals surface area contributed by atoms with Gasteiger partial charge in [0.1, 0.15) is 0 Å². The van der Waals surface area contributed by atoms with Crippen molar-refractivity contribution in [2.24, 2.45) is 10.9 Å². The molecule has 1 fully saturated rings. The first-order valence-electron chi connectivity index (χ1n) is 8.52. The average Bonchev–Trinajstić information content (AvgIpc) is 3.09. The summed E-state index contributed by atoms with van der Waals surface area (Å²) in [6.45, 7) is 10.9. The van der Waals surface area contributed by atoms with E-state index >= 15 is 0 Å². The Bertz CT molecular complexity index is 453. The molecule has 1 aliphatic rings. The van der Waals surface area contributed by atoms with Crippen LogP contribution in [0.4, 0.5) is 5.00 Å². The molecule has 130 valence electrons. The quantitative estimate of drug-likeness (QED) is 0.471. The van der Waals surface area contributed by atoms with Gasteiger partial charge in [0.05, 0.1) is 11.6 Å². The van der Waals surface area contributed by atoms with E-state index in [0.717, 1.165) is 58.3 Å². The molecular weight excluding hydrogens is 308 g/mol. The van der Waals surface area contributed by atoms with Gasteiger partial charge in [0.2, 0.25) is 0 Å². The molecule has 0 atom stereocenters. The Morgan fingerprint density at radius 3 is 2.70 bits per heavy atom. The van der Waals surface area contributed by atoms with E-state index in [1.165, 1.54) is 5.00 Å². The zero-order chi connectivity index (χ0) is 16.5. The Balaban J connectivity index is 1.65. The lowest BCUT2D eigenvalue weighted by atomic mass is 10.1. The number of rotatable bonds is 7. The Morgan fingerprint density at radius 2 is 2.09 bits per heavy atom. The van der Waals surface area contributed by atoms with Crippen LogP contribution in [0.15, 0.2) is 22.5 Å². The molecule has 1 aromatic heterocycles. The second-order valence-corrected chi connectivity index (χ2v) is 7.12. The maximum Gasteiger partial charge on any atom is 0.193 e. The van der Waals surface area contributed by atoms with Crippen molar-refractivity contribution in [2.75, 3.05) is 57.9 Å². The molecule has 0 unspecified atom stereocenters. The van der Waals surface area contributed by atoms with Gasteiger partial charge in [0.15, 0.2) is 5.96 Å². The number of piperazine rings is 1. The fourth-order valence-corrected chi connectivity index (χ4v) is 3.36. The smallest absolute Gasteiger partial charge is 0.193 e. The molecule has 1 aromatic rings. The number of hydrogen-bond donors (Lipinski definition) is 1. The lowest BCUT2D eigenvalue weighted by Gasteiger charge is -2.37. The van der Waals surface area contributed by atoms with Gasteiger partial charge in [0, 0.05) is 46.4 Å². The number of nitrogens with zero attached hydrogens (tertiary/aromatic N) is 3. The molecule has 1 saturated heterocycles. The van der Waals surface area contributed by atoms with Gasteiger partial charge < -0.3 is 19.9 Å². The van der Waals surface area contributed by atoms with Crippen LogP contribution in [0.5, 0.6) is 0 Å². The topological polar surface area (TPSA) is 40.1 Å². The van der Waals surface area contributed by atoms with Crippen molar-refractivity contribution in [3.8, 4) is 0 Å². The summed E-state index contributed by atoms with van der Waals surface area (Å²) in [7, 11) is 1.85. The third kappa shape index (κ3) is 6.03. The van der Waals surface area contributed by atoms with E-state index in [-0.39, 0.29) is 0 Å². The van der Waals surface area contributed by atoms with Crippen molar-refractivity contribution >= 4 is 22.3 Å². The van der Waals surface area contributed by atoms with Gasteiger partial charge in [-0.2, -0.15) is 0 Å². The van der Waals surface area contributed by atoms with Crippen molar-refractivity contribution in [3.05, 3.63) is 17.5 Å². The van der Waals surface area contributed by atoms with E-state index in [0.29, 0.717) is 5.92 Å². The summed E-state index contributed by atoms with van der Waals surface area (Å²) >= 11 is 1.81. The van der Waals surface area contributed by atoms with Crippen molar-refractivity contribution in [1.29, 1.82) is 0 Å². The van der Waals surface area contributed by atoms with Gasteiger partial charge in [-0.05, 0) is 29.9 Å². The summed E-state index contributed by atoms with van der Waals surface area (Å²) < 4.78 is 5.65. The highest BCUT2D eigenvalue weighted by Crippen LogP contribution is 2.22. The van der Waals surface area contributed by atoms with Gasteiger partial charge in [-0.25, -0.2) is 0 Å². The average molecular weight is 339 g/mol. The fourth-order valence-electron chi connectivity index (χ4n) is 2.58. The van der Waals surface area contributed by atoms with Crippen LogP contribution in [-0.2, 0) is 4.74 Å². The first kappa shape index (κ1) is 18.1. The first-order valence-corrected chi connectivity index (χ1v) is 9.40. The molecule has 5 nitrogen and oxygen atoms in total. The van der Waals surface area contributed by atoms with Crippen molar-refractivity contribution in [3.63, 3.8) is 0 Å². The molecule has 6 heteroatoms. The molecule has 0 spiro atoms. The fraction of sp³-hybridized carbons (Fsp3) is 0.706. The van der Waals surface area contributed by atoms with E-state index in [1.807, 2.05) is 18.4 Å². The Labute approximate surface area is 144 Å². The number of thiophene rings is 1.